The molecule has 0 unspecified atom stereocenters. The van der Waals surface area contributed by atoms with Crippen LogP contribution in [-0.4, -0.2) is 68.9 Å². The second-order valence-corrected chi connectivity index (χ2v) is 14.3. The van der Waals surface area contributed by atoms with E-state index in [4.69, 9.17) is 11.5 Å². The largest absolute Gasteiger partial charge is 0.382 e. The number of amides is 4. The fourth-order valence-electron chi connectivity index (χ4n) is 6.51. The summed E-state index contributed by atoms with van der Waals surface area (Å²) >= 11 is 0. The topological polar surface area (TPSA) is 268 Å². The van der Waals surface area contributed by atoms with Crippen LogP contribution in [0.3, 0.4) is 0 Å². The number of imidazole rings is 2. The lowest BCUT2D eigenvalue weighted by molar-refractivity contribution is -0.117. The average molecular weight is 842 g/mol. The number of nitrogens with zero attached hydrogens (tertiary/aromatic N) is 9. The molecule has 0 saturated carbocycles. The summed E-state index contributed by atoms with van der Waals surface area (Å²) in [5.41, 5.74) is 19.3. The highest BCUT2D eigenvalue weighted by Gasteiger charge is 2.14. The predicted molar refractivity (Wildman–Crippen MR) is 240 cm³/mol. The molecule has 4 aromatic carbocycles. The van der Waals surface area contributed by atoms with Crippen LogP contribution in [0.15, 0.2) is 121 Å². The van der Waals surface area contributed by atoms with E-state index in [2.05, 4.69) is 56.2 Å². The van der Waals surface area contributed by atoms with Crippen molar-refractivity contribution in [2.24, 2.45) is 4.99 Å². The lowest BCUT2D eigenvalue weighted by Gasteiger charge is -2.10. The van der Waals surface area contributed by atoms with Gasteiger partial charge in [-0.1, -0.05) is 6.07 Å². The molecule has 4 heterocycles. The van der Waals surface area contributed by atoms with Crippen LogP contribution in [0.25, 0.3) is 22.3 Å². The second-order valence-electron chi connectivity index (χ2n) is 14.3. The van der Waals surface area contributed by atoms with Crippen molar-refractivity contribution in [3.05, 3.63) is 139 Å². The zero-order valence-electron chi connectivity index (χ0n) is 33.7. The fraction of sp³-hybridized carbons (Fsp3) is 0.114. The Balaban J connectivity index is 0.774. The number of nitrogens with two attached hydrogens (primary N) is 2. The molecule has 8 aromatic rings. The Hall–Kier alpha value is -8.87. The van der Waals surface area contributed by atoms with Gasteiger partial charge in [-0.05, 0) is 103 Å². The summed E-state index contributed by atoms with van der Waals surface area (Å²) in [5.74, 6) is -0.469. The van der Waals surface area contributed by atoms with Gasteiger partial charge in [0, 0.05) is 66.0 Å². The molecule has 8 N–H and O–H groups in total. The Morgan fingerprint density at radius 1 is 0.587 bits per heavy atom. The van der Waals surface area contributed by atoms with E-state index in [0.717, 1.165) is 11.1 Å². The quantitative estimate of drug-likeness (QED) is 0.0715. The molecule has 0 fully saturated rings. The molecule has 4 amide bonds. The van der Waals surface area contributed by atoms with Crippen LogP contribution in [0.5, 0.6) is 0 Å². The summed E-state index contributed by atoms with van der Waals surface area (Å²) in [7, 11) is 0. The molecule has 0 spiro atoms. The zero-order valence-corrected chi connectivity index (χ0v) is 33.7. The van der Waals surface area contributed by atoms with Crippen LogP contribution < -0.4 is 32.7 Å². The number of hydrogen-bond donors (Lipinski definition) is 6. The van der Waals surface area contributed by atoms with E-state index in [1.165, 1.54) is 12.7 Å². The number of benzene rings is 4. The van der Waals surface area contributed by atoms with Crippen LogP contribution in [0, 0.1) is 6.92 Å². The summed E-state index contributed by atoms with van der Waals surface area (Å²) in [6, 6.07) is 25.9. The highest BCUT2D eigenvalue weighted by Crippen LogP contribution is 2.22. The zero-order chi connectivity index (χ0) is 43.9. The first kappa shape index (κ1) is 40.9. The van der Waals surface area contributed by atoms with E-state index in [1.807, 2.05) is 25.1 Å². The van der Waals surface area contributed by atoms with E-state index in [0.29, 0.717) is 75.0 Å². The molecular weight excluding hydrogens is 803 g/mol. The van der Waals surface area contributed by atoms with Crippen molar-refractivity contribution in [3.8, 4) is 0 Å². The summed E-state index contributed by atoms with van der Waals surface area (Å²) < 4.78 is 3.48. The molecule has 0 atom stereocenters. The fourth-order valence-corrected chi connectivity index (χ4v) is 6.51. The Morgan fingerprint density at radius 3 is 1.57 bits per heavy atom. The molecule has 0 aliphatic rings. The number of nitrogen functional groups attached to an aromatic ring is 2. The van der Waals surface area contributed by atoms with E-state index < -0.39 is 0 Å². The second kappa shape index (κ2) is 18.2. The minimum atomic E-state index is -0.309. The van der Waals surface area contributed by atoms with Crippen LogP contribution in [0.1, 0.15) is 44.7 Å². The molecule has 0 aliphatic carbocycles. The van der Waals surface area contributed by atoms with Gasteiger partial charge in [0.1, 0.15) is 23.7 Å². The number of aryl methyl sites for hydroxylation is 3. The van der Waals surface area contributed by atoms with Crippen molar-refractivity contribution in [1.82, 2.24) is 39.0 Å². The molecule has 0 saturated heterocycles. The number of nitrogens with one attached hydrogen (secondary N) is 4. The summed E-state index contributed by atoms with van der Waals surface area (Å²) in [5, 5.41) is 11.5. The number of hydrogen-bond acceptors (Lipinski definition) is 13. The molecule has 19 nitrogen and oxygen atoms in total. The number of aromatic nitrogens is 8. The van der Waals surface area contributed by atoms with Gasteiger partial charge in [0.15, 0.2) is 22.9 Å². The van der Waals surface area contributed by atoms with Crippen LogP contribution in [0.2, 0.25) is 0 Å². The number of carbonyl (C=O) groups is 4. The molecule has 19 heteroatoms. The van der Waals surface area contributed by atoms with Crippen molar-refractivity contribution in [2.45, 2.75) is 32.9 Å². The minimum Gasteiger partial charge on any atom is -0.382 e. The summed E-state index contributed by atoms with van der Waals surface area (Å²) in [4.78, 5) is 80.5. The number of anilines is 6. The monoisotopic (exact) mass is 841 g/mol. The maximum absolute atomic E-state index is 13.1. The van der Waals surface area contributed by atoms with Crippen molar-refractivity contribution in [1.29, 1.82) is 0 Å². The van der Waals surface area contributed by atoms with E-state index in [9.17, 15) is 19.2 Å². The van der Waals surface area contributed by atoms with Crippen molar-refractivity contribution in [2.75, 3.05) is 32.7 Å². The van der Waals surface area contributed by atoms with E-state index >= 15 is 0 Å². The molecule has 63 heavy (non-hydrogen) atoms. The van der Waals surface area contributed by atoms with Gasteiger partial charge in [0.05, 0.1) is 18.3 Å². The Kier molecular flexibility index (Phi) is 11.8. The van der Waals surface area contributed by atoms with Gasteiger partial charge in [-0.15, -0.1) is 0 Å². The standard InChI is InChI=1S/C44H39N15O4/c1-26-20-27(2-15-34(26)57-44(63)29-5-9-32(10-6-29)55-36(61)17-19-59-25-53-38-40(46)49-23-51-42(38)59)21-47-30-11-13-33(14-12-30)56-43(62)28-3-7-31(8-4-28)54-35(60)16-18-58-24-52-37-39(45)48-22-50-41(37)58/h2-15,20-25H,16-19H2,1H3,(H,54,60)(H,55,61)(H,56,62)(H,57,63)(H2,45,48,50)(H2,46,49,51)/b47-21+. The SMILES string of the molecule is Cc1cc(/C=N/c2ccc(NC(=O)c3ccc(NC(=O)CCn4cnc5c(N)ncnc54)cc3)cc2)ccc1NC(=O)c1ccc(NC(=O)CCn2cnc3c(N)ncnc32)cc1. The normalized spacial score (nSPS) is 11.2. The number of aliphatic imine (C=N–C) groups is 1. The van der Waals surface area contributed by atoms with Gasteiger partial charge < -0.3 is 41.9 Å². The smallest absolute Gasteiger partial charge is 0.255 e. The molecule has 0 radical (unpaired) electrons. The van der Waals surface area contributed by atoms with Crippen LogP contribution >= 0.6 is 0 Å². The molecule has 0 aliphatic heterocycles. The van der Waals surface area contributed by atoms with Gasteiger partial charge in [0.2, 0.25) is 11.8 Å². The lowest BCUT2D eigenvalue weighted by Crippen LogP contribution is -2.15. The van der Waals surface area contributed by atoms with Crippen molar-refractivity contribution >= 4 is 92.2 Å². The third-order valence-corrected chi connectivity index (χ3v) is 9.87. The number of fused-ring (bicyclic) bond motifs is 2. The van der Waals surface area contributed by atoms with Gasteiger partial charge in [-0.25, -0.2) is 29.9 Å². The first-order valence-corrected chi connectivity index (χ1v) is 19.6. The highest BCUT2D eigenvalue weighted by molar-refractivity contribution is 6.06. The first-order chi connectivity index (χ1) is 30.6. The van der Waals surface area contributed by atoms with Gasteiger partial charge in [0.25, 0.3) is 11.8 Å². The number of rotatable bonds is 14. The predicted octanol–water partition coefficient (Wildman–Crippen LogP) is 5.75. The van der Waals surface area contributed by atoms with Crippen LogP contribution in [0.4, 0.5) is 40.1 Å². The van der Waals surface area contributed by atoms with Crippen LogP contribution in [-0.2, 0) is 22.7 Å². The van der Waals surface area contributed by atoms with E-state index in [-0.39, 0.29) is 48.1 Å². The van der Waals surface area contributed by atoms with Crippen molar-refractivity contribution < 1.29 is 19.2 Å². The minimum absolute atomic E-state index is 0.176. The van der Waals surface area contributed by atoms with Crippen molar-refractivity contribution in [3.63, 3.8) is 0 Å². The first-order valence-electron chi connectivity index (χ1n) is 19.6. The molecule has 0 bridgehead atoms. The number of carbonyl (C=O) groups excluding carboxylic acids is 4. The molecule has 8 rings (SSSR count). The Labute approximate surface area is 358 Å². The van der Waals surface area contributed by atoms with Gasteiger partial charge in [-0.2, -0.15) is 0 Å². The van der Waals surface area contributed by atoms with E-state index in [1.54, 1.807) is 101 Å². The Morgan fingerprint density at radius 2 is 1.06 bits per heavy atom. The molecule has 4 aromatic heterocycles. The lowest BCUT2D eigenvalue weighted by atomic mass is 10.1. The third-order valence-electron chi connectivity index (χ3n) is 9.87. The van der Waals surface area contributed by atoms with Gasteiger partial charge >= 0.3 is 0 Å². The Bertz CT molecular complexity index is 3020. The maximum Gasteiger partial charge on any atom is 0.255 e. The summed E-state index contributed by atoms with van der Waals surface area (Å²) in [6.45, 7) is 2.59. The third kappa shape index (κ3) is 9.79. The summed E-state index contributed by atoms with van der Waals surface area (Å²) in [6.07, 6.45) is 7.92. The molecular formula is C44H39N15O4. The molecule has 314 valence electrons. The average Bonchev–Trinajstić information content (AvgIpc) is 3.91. The highest BCUT2D eigenvalue weighted by atomic mass is 16.2. The van der Waals surface area contributed by atoms with Gasteiger partial charge in [-0.3, -0.25) is 24.2 Å². The maximum atomic E-state index is 13.1.